The fourth-order valence-electron chi connectivity index (χ4n) is 2.73. The van der Waals surface area contributed by atoms with Gasteiger partial charge in [-0.2, -0.15) is 0 Å². The van der Waals surface area contributed by atoms with E-state index in [0.717, 1.165) is 32.5 Å². The lowest BCUT2D eigenvalue weighted by molar-refractivity contribution is -0.0654. The molecule has 0 amide bonds. The molecule has 1 saturated heterocycles. The van der Waals surface area contributed by atoms with Crippen molar-refractivity contribution in [3.05, 3.63) is 0 Å². The van der Waals surface area contributed by atoms with Gasteiger partial charge in [0.05, 0.1) is 18.8 Å². The molecule has 0 saturated carbocycles. The summed E-state index contributed by atoms with van der Waals surface area (Å²) in [4.78, 5) is 2.47. The van der Waals surface area contributed by atoms with Gasteiger partial charge in [0, 0.05) is 19.1 Å². The van der Waals surface area contributed by atoms with Gasteiger partial charge in [0.2, 0.25) is 0 Å². The van der Waals surface area contributed by atoms with E-state index in [-0.39, 0.29) is 12.1 Å². The van der Waals surface area contributed by atoms with Crippen LogP contribution in [0.5, 0.6) is 0 Å². The monoisotopic (exact) mass is 243 g/mol. The molecular weight excluding hydrogens is 214 g/mol. The van der Waals surface area contributed by atoms with E-state index in [1.165, 1.54) is 0 Å². The molecule has 1 heterocycles. The highest BCUT2D eigenvalue weighted by Crippen LogP contribution is 2.21. The topological polar surface area (TPSA) is 50.5 Å². The Hall–Kier alpha value is -0.160. The van der Waals surface area contributed by atoms with Crippen molar-refractivity contribution in [2.45, 2.75) is 58.7 Å². The number of hydrazine groups is 1. The highest BCUT2D eigenvalue weighted by atomic mass is 16.5. The van der Waals surface area contributed by atoms with E-state index in [2.05, 4.69) is 38.0 Å². The summed E-state index contributed by atoms with van der Waals surface area (Å²) in [6.07, 6.45) is 2.51. The number of hydrogen-bond acceptors (Lipinski definition) is 4. The van der Waals surface area contributed by atoms with E-state index in [4.69, 9.17) is 10.6 Å². The number of morpholine rings is 1. The lowest BCUT2D eigenvalue weighted by Crippen LogP contribution is -2.57. The number of nitrogens with two attached hydrogens (primary N) is 1. The van der Waals surface area contributed by atoms with Gasteiger partial charge in [-0.05, 0) is 19.8 Å². The van der Waals surface area contributed by atoms with Gasteiger partial charge in [-0.25, -0.2) is 0 Å². The van der Waals surface area contributed by atoms with E-state index in [0.29, 0.717) is 12.0 Å². The predicted octanol–water partition coefficient (Wildman–Crippen LogP) is 1.36. The van der Waals surface area contributed by atoms with Crippen LogP contribution in [0.25, 0.3) is 0 Å². The van der Waals surface area contributed by atoms with Crippen molar-refractivity contribution >= 4 is 0 Å². The summed E-state index contributed by atoms with van der Waals surface area (Å²) in [6, 6.07) is 0.855. The number of nitrogens with one attached hydrogen (secondary N) is 1. The van der Waals surface area contributed by atoms with Crippen molar-refractivity contribution in [1.29, 1.82) is 0 Å². The second-order valence-corrected chi connectivity index (χ2v) is 5.27. The Labute approximate surface area is 106 Å². The van der Waals surface area contributed by atoms with Crippen molar-refractivity contribution < 1.29 is 4.74 Å². The third-order valence-corrected chi connectivity index (χ3v) is 4.00. The zero-order chi connectivity index (χ0) is 12.8. The molecule has 0 aromatic rings. The van der Waals surface area contributed by atoms with Gasteiger partial charge in [0.1, 0.15) is 0 Å². The Balaban J connectivity index is 2.61. The number of nitrogens with zero attached hydrogens (tertiary/aromatic N) is 1. The van der Waals surface area contributed by atoms with Crippen molar-refractivity contribution in [1.82, 2.24) is 10.3 Å². The van der Waals surface area contributed by atoms with Crippen LogP contribution in [0.4, 0.5) is 0 Å². The van der Waals surface area contributed by atoms with Gasteiger partial charge in [0.25, 0.3) is 0 Å². The third-order valence-electron chi connectivity index (χ3n) is 4.00. The first-order chi connectivity index (χ1) is 8.13. The van der Waals surface area contributed by atoms with Crippen molar-refractivity contribution in [2.75, 3.05) is 19.7 Å². The summed E-state index contributed by atoms with van der Waals surface area (Å²) >= 11 is 0. The Morgan fingerprint density at radius 3 is 2.47 bits per heavy atom. The summed E-state index contributed by atoms with van der Waals surface area (Å²) < 4.78 is 5.91. The Kier molecular flexibility index (Phi) is 6.41. The Bertz CT molecular complexity index is 207. The van der Waals surface area contributed by atoms with E-state index >= 15 is 0 Å². The van der Waals surface area contributed by atoms with Crippen LogP contribution in [0.15, 0.2) is 0 Å². The van der Waals surface area contributed by atoms with Gasteiger partial charge >= 0.3 is 0 Å². The summed E-state index contributed by atoms with van der Waals surface area (Å²) in [5.74, 6) is 6.32. The predicted molar refractivity (Wildman–Crippen MR) is 71.6 cm³/mol. The van der Waals surface area contributed by atoms with Gasteiger partial charge in [-0.15, -0.1) is 0 Å². The fraction of sp³-hybridized carbons (Fsp3) is 1.00. The maximum Gasteiger partial charge on any atom is 0.0871 e. The second kappa shape index (κ2) is 7.31. The summed E-state index contributed by atoms with van der Waals surface area (Å²) in [5.41, 5.74) is 2.98. The molecule has 1 fully saturated rings. The summed E-state index contributed by atoms with van der Waals surface area (Å²) in [5, 5.41) is 0. The first-order valence-electron chi connectivity index (χ1n) is 6.95. The normalized spacial score (nSPS) is 24.5. The van der Waals surface area contributed by atoms with Crippen molar-refractivity contribution in [3.63, 3.8) is 0 Å². The molecular formula is C13H29N3O. The van der Waals surface area contributed by atoms with Crippen LogP contribution in [0.3, 0.4) is 0 Å². The zero-order valence-corrected chi connectivity index (χ0v) is 11.8. The minimum absolute atomic E-state index is 0.223. The molecule has 0 bridgehead atoms. The SMILES string of the molecule is CCC(CC)C(NN)C1CN(C(C)C)CCO1. The lowest BCUT2D eigenvalue weighted by Gasteiger charge is -2.40. The van der Waals surface area contributed by atoms with Crippen LogP contribution < -0.4 is 11.3 Å². The molecule has 4 heteroatoms. The van der Waals surface area contributed by atoms with Gasteiger partial charge in [-0.1, -0.05) is 26.7 Å². The van der Waals surface area contributed by atoms with Crippen molar-refractivity contribution in [3.8, 4) is 0 Å². The molecule has 2 atom stereocenters. The number of hydrogen-bond donors (Lipinski definition) is 2. The van der Waals surface area contributed by atoms with E-state index < -0.39 is 0 Å². The van der Waals surface area contributed by atoms with Gasteiger partial charge in [0.15, 0.2) is 0 Å². The zero-order valence-electron chi connectivity index (χ0n) is 11.8. The van der Waals surface area contributed by atoms with Crippen LogP contribution in [0, 0.1) is 5.92 Å². The quantitative estimate of drug-likeness (QED) is 0.546. The molecule has 0 aliphatic carbocycles. The van der Waals surface area contributed by atoms with Gasteiger partial charge in [-0.3, -0.25) is 16.2 Å². The lowest BCUT2D eigenvalue weighted by atomic mass is 9.90. The standard InChI is InChI=1S/C13H29N3O/c1-5-11(6-2)13(15-14)12-9-16(10(3)4)7-8-17-12/h10-13,15H,5-9,14H2,1-4H3. The Morgan fingerprint density at radius 2 is 2.00 bits per heavy atom. The molecule has 3 N–H and O–H groups in total. The fourth-order valence-corrected chi connectivity index (χ4v) is 2.73. The molecule has 2 unspecified atom stereocenters. The first-order valence-corrected chi connectivity index (χ1v) is 6.95. The molecule has 0 aromatic heterocycles. The maximum atomic E-state index is 5.91. The highest BCUT2D eigenvalue weighted by Gasteiger charge is 2.32. The summed E-state index contributed by atoms with van der Waals surface area (Å²) in [6.45, 7) is 11.8. The average molecular weight is 243 g/mol. The minimum Gasteiger partial charge on any atom is -0.374 e. The number of ether oxygens (including phenoxy) is 1. The van der Waals surface area contributed by atoms with E-state index in [9.17, 15) is 0 Å². The smallest absolute Gasteiger partial charge is 0.0871 e. The Morgan fingerprint density at radius 1 is 1.35 bits per heavy atom. The molecule has 102 valence electrons. The molecule has 1 aliphatic heterocycles. The van der Waals surface area contributed by atoms with Gasteiger partial charge < -0.3 is 4.74 Å². The third kappa shape index (κ3) is 3.91. The average Bonchev–Trinajstić information content (AvgIpc) is 2.35. The molecule has 17 heavy (non-hydrogen) atoms. The molecule has 0 aromatic carbocycles. The minimum atomic E-state index is 0.223. The number of rotatable bonds is 6. The first kappa shape index (κ1) is 14.9. The molecule has 1 aliphatic rings. The molecule has 0 radical (unpaired) electrons. The van der Waals surface area contributed by atoms with Crippen LogP contribution >= 0.6 is 0 Å². The van der Waals surface area contributed by atoms with E-state index in [1.54, 1.807) is 0 Å². The molecule has 1 rings (SSSR count). The largest absolute Gasteiger partial charge is 0.374 e. The van der Waals surface area contributed by atoms with E-state index in [1.807, 2.05) is 0 Å². The van der Waals surface area contributed by atoms with Crippen LogP contribution in [0.2, 0.25) is 0 Å². The van der Waals surface area contributed by atoms with Crippen LogP contribution in [0.1, 0.15) is 40.5 Å². The molecule has 4 nitrogen and oxygen atoms in total. The second-order valence-electron chi connectivity index (χ2n) is 5.27. The van der Waals surface area contributed by atoms with Crippen molar-refractivity contribution in [2.24, 2.45) is 11.8 Å². The van der Waals surface area contributed by atoms with Crippen LogP contribution in [-0.4, -0.2) is 42.8 Å². The summed E-state index contributed by atoms with van der Waals surface area (Å²) in [7, 11) is 0. The van der Waals surface area contributed by atoms with Crippen LogP contribution in [-0.2, 0) is 4.74 Å². The maximum absolute atomic E-state index is 5.91. The highest BCUT2D eigenvalue weighted by molar-refractivity contribution is 4.86. The molecule has 0 spiro atoms.